The fourth-order valence-corrected chi connectivity index (χ4v) is 1.70. The van der Waals surface area contributed by atoms with Gasteiger partial charge in [-0.1, -0.05) is 5.16 Å². The molecule has 0 unspecified atom stereocenters. The van der Waals surface area contributed by atoms with Gasteiger partial charge in [-0.3, -0.25) is 0 Å². The summed E-state index contributed by atoms with van der Waals surface area (Å²) >= 11 is 5.86. The lowest BCUT2D eigenvalue weighted by molar-refractivity contribution is 0.392. The van der Waals surface area contributed by atoms with Crippen LogP contribution in [0.3, 0.4) is 0 Å². The maximum atomic E-state index is 5.86. The standard InChI is InChI=1S/C11H15ClN6O/c1-6-8(7(2)19-17-6)5-13-10-14-9(12)15-11(16-10)18(3)4/h5H2,1-4H3,(H,13,14,15,16). The Morgan fingerprint density at radius 2 is 1.95 bits per heavy atom. The molecule has 1 N–H and O–H groups in total. The minimum atomic E-state index is 0.153. The molecule has 2 aromatic heterocycles. The summed E-state index contributed by atoms with van der Waals surface area (Å²) in [6.07, 6.45) is 0. The third-order valence-corrected chi connectivity index (χ3v) is 2.77. The normalized spacial score (nSPS) is 10.6. The zero-order valence-corrected chi connectivity index (χ0v) is 12.0. The fraction of sp³-hybridized carbons (Fsp3) is 0.455. The molecule has 7 nitrogen and oxygen atoms in total. The number of aryl methyl sites for hydroxylation is 2. The summed E-state index contributed by atoms with van der Waals surface area (Å²) in [6, 6.07) is 0. The number of halogens is 1. The fourth-order valence-electron chi connectivity index (χ4n) is 1.54. The van der Waals surface area contributed by atoms with Gasteiger partial charge in [-0.25, -0.2) is 0 Å². The van der Waals surface area contributed by atoms with E-state index < -0.39 is 0 Å². The second kappa shape index (κ2) is 5.40. The molecule has 2 rings (SSSR count). The first-order chi connectivity index (χ1) is 8.97. The molecule has 0 radical (unpaired) electrons. The van der Waals surface area contributed by atoms with Crippen molar-refractivity contribution in [2.75, 3.05) is 24.3 Å². The average Bonchev–Trinajstić information content (AvgIpc) is 2.66. The predicted octanol–water partition coefficient (Wildman–Crippen LogP) is 1.81. The van der Waals surface area contributed by atoms with E-state index in [9.17, 15) is 0 Å². The highest BCUT2D eigenvalue weighted by molar-refractivity contribution is 6.28. The summed E-state index contributed by atoms with van der Waals surface area (Å²) in [6.45, 7) is 4.27. The SMILES string of the molecule is Cc1noc(C)c1CNc1nc(Cl)nc(N(C)C)n1. The molecule has 0 saturated carbocycles. The van der Waals surface area contributed by atoms with Crippen LogP contribution in [0.1, 0.15) is 17.0 Å². The van der Waals surface area contributed by atoms with Gasteiger partial charge in [0.2, 0.25) is 17.2 Å². The maximum absolute atomic E-state index is 5.86. The highest BCUT2D eigenvalue weighted by atomic mass is 35.5. The molecule has 0 atom stereocenters. The first kappa shape index (κ1) is 13.5. The Kier molecular flexibility index (Phi) is 3.84. The molecule has 0 aliphatic rings. The number of hydrogen-bond acceptors (Lipinski definition) is 7. The van der Waals surface area contributed by atoms with Crippen molar-refractivity contribution >= 4 is 23.5 Å². The summed E-state index contributed by atoms with van der Waals surface area (Å²) in [7, 11) is 3.67. The molecule has 0 spiro atoms. The van der Waals surface area contributed by atoms with Gasteiger partial charge in [-0.15, -0.1) is 0 Å². The highest BCUT2D eigenvalue weighted by Crippen LogP contribution is 2.15. The van der Waals surface area contributed by atoms with Gasteiger partial charge in [0, 0.05) is 26.2 Å². The molecule has 0 fully saturated rings. The van der Waals surface area contributed by atoms with E-state index in [2.05, 4.69) is 25.4 Å². The molecule has 0 saturated heterocycles. The van der Waals surface area contributed by atoms with E-state index in [0.717, 1.165) is 17.0 Å². The second-order valence-electron chi connectivity index (χ2n) is 4.28. The molecule has 8 heteroatoms. The van der Waals surface area contributed by atoms with Crippen LogP contribution < -0.4 is 10.2 Å². The van der Waals surface area contributed by atoms with Crippen LogP contribution in [-0.4, -0.2) is 34.2 Å². The highest BCUT2D eigenvalue weighted by Gasteiger charge is 2.11. The molecular formula is C11H15ClN6O. The molecule has 0 amide bonds. The molecule has 0 aliphatic carbocycles. The van der Waals surface area contributed by atoms with E-state index >= 15 is 0 Å². The second-order valence-corrected chi connectivity index (χ2v) is 4.62. The van der Waals surface area contributed by atoms with Crippen LogP contribution in [0.5, 0.6) is 0 Å². The van der Waals surface area contributed by atoms with Crippen LogP contribution in [0.25, 0.3) is 0 Å². The Labute approximate surface area is 116 Å². The number of rotatable bonds is 4. The summed E-state index contributed by atoms with van der Waals surface area (Å²) in [4.78, 5) is 14.0. The molecule has 102 valence electrons. The van der Waals surface area contributed by atoms with Gasteiger partial charge < -0.3 is 14.7 Å². The lowest BCUT2D eigenvalue weighted by Crippen LogP contribution is -2.15. The summed E-state index contributed by atoms with van der Waals surface area (Å²) in [5.41, 5.74) is 1.83. The largest absolute Gasteiger partial charge is 0.361 e. The van der Waals surface area contributed by atoms with E-state index in [1.54, 1.807) is 4.90 Å². The number of nitrogens with one attached hydrogen (secondary N) is 1. The van der Waals surface area contributed by atoms with Crippen molar-refractivity contribution < 1.29 is 4.52 Å². The van der Waals surface area contributed by atoms with Crippen molar-refractivity contribution in [1.82, 2.24) is 20.1 Å². The zero-order chi connectivity index (χ0) is 14.0. The Morgan fingerprint density at radius 3 is 2.53 bits per heavy atom. The summed E-state index contributed by atoms with van der Waals surface area (Å²) < 4.78 is 5.09. The van der Waals surface area contributed by atoms with Gasteiger partial charge in [0.15, 0.2) is 0 Å². The number of anilines is 2. The van der Waals surface area contributed by atoms with Crippen LogP contribution in [0.15, 0.2) is 4.52 Å². The Bertz CT molecular complexity index is 563. The predicted molar refractivity (Wildman–Crippen MR) is 72.5 cm³/mol. The third kappa shape index (κ3) is 3.11. The van der Waals surface area contributed by atoms with E-state index in [1.165, 1.54) is 0 Å². The molecule has 0 aliphatic heterocycles. The lowest BCUT2D eigenvalue weighted by atomic mass is 10.2. The minimum absolute atomic E-state index is 0.153. The Balaban J connectivity index is 2.16. The molecule has 0 bridgehead atoms. The smallest absolute Gasteiger partial charge is 0.230 e. The van der Waals surface area contributed by atoms with E-state index in [4.69, 9.17) is 16.1 Å². The van der Waals surface area contributed by atoms with E-state index in [-0.39, 0.29) is 5.28 Å². The van der Waals surface area contributed by atoms with Gasteiger partial charge in [-0.2, -0.15) is 15.0 Å². The van der Waals surface area contributed by atoms with Crippen molar-refractivity contribution in [3.05, 3.63) is 22.3 Å². The van der Waals surface area contributed by atoms with Gasteiger partial charge in [0.25, 0.3) is 0 Å². The van der Waals surface area contributed by atoms with Gasteiger partial charge >= 0.3 is 0 Å². The average molecular weight is 283 g/mol. The van der Waals surface area contributed by atoms with Crippen molar-refractivity contribution in [3.8, 4) is 0 Å². The minimum Gasteiger partial charge on any atom is -0.361 e. The van der Waals surface area contributed by atoms with Crippen LogP contribution in [-0.2, 0) is 6.54 Å². The number of hydrogen-bond donors (Lipinski definition) is 1. The quantitative estimate of drug-likeness (QED) is 0.916. The van der Waals surface area contributed by atoms with Crippen molar-refractivity contribution in [3.63, 3.8) is 0 Å². The molecule has 0 aromatic carbocycles. The van der Waals surface area contributed by atoms with Crippen molar-refractivity contribution in [1.29, 1.82) is 0 Å². The first-order valence-electron chi connectivity index (χ1n) is 5.72. The first-order valence-corrected chi connectivity index (χ1v) is 6.09. The van der Waals surface area contributed by atoms with Crippen LogP contribution >= 0.6 is 11.6 Å². The summed E-state index contributed by atoms with van der Waals surface area (Å²) in [5.74, 6) is 1.70. The Hall–Kier alpha value is -1.89. The number of aromatic nitrogens is 4. The molecular weight excluding hydrogens is 268 g/mol. The molecule has 2 heterocycles. The van der Waals surface area contributed by atoms with Gasteiger partial charge in [0.05, 0.1) is 5.69 Å². The van der Waals surface area contributed by atoms with Gasteiger partial charge in [-0.05, 0) is 25.4 Å². The Morgan fingerprint density at radius 1 is 1.21 bits per heavy atom. The van der Waals surface area contributed by atoms with Crippen LogP contribution in [0, 0.1) is 13.8 Å². The van der Waals surface area contributed by atoms with E-state index in [0.29, 0.717) is 18.4 Å². The summed E-state index contributed by atoms with van der Waals surface area (Å²) in [5, 5.41) is 7.13. The van der Waals surface area contributed by atoms with Gasteiger partial charge in [0.1, 0.15) is 5.76 Å². The van der Waals surface area contributed by atoms with Crippen LogP contribution in [0.4, 0.5) is 11.9 Å². The van der Waals surface area contributed by atoms with Crippen LogP contribution in [0.2, 0.25) is 5.28 Å². The topological polar surface area (TPSA) is 80.0 Å². The molecule has 19 heavy (non-hydrogen) atoms. The third-order valence-electron chi connectivity index (χ3n) is 2.60. The maximum Gasteiger partial charge on any atom is 0.230 e. The van der Waals surface area contributed by atoms with Crippen molar-refractivity contribution in [2.24, 2.45) is 0 Å². The number of nitrogens with zero attached hydrogens (tertiary/aromatic N) is 5. The van der Waals surface area contributed by atoms with Crippen molar-refractivity contribution in [2.45, 2.75) is 20.4 Å². The monoisotopic (exact) mass is 282 g/mol. The molecule has 2 aromatic rings. The zero-order valence-electron chi connectivity index (χ0n) is 11.2. The van der Waals surface area contributed by atoms with E-state index in [1.807, 2.05) is 27.9 Å². The lowest BCUT2D eigenvalue weighted by Gasteiger charge is -2.11.